The van der Waals surface area contributed by atoms with E-state index in [0.29, 0.717) is 37.2 Å². The highest BCUT2D eigenvalue weighted by Crippen LogP contribution is 2.32. The van der Waals surface area contributed by atoms with Gasteiger partial charge in [0, 0.05) is 5.56 Å². The molecule has 8 nitrogen and oxygen atoms in total. The molecule has 0 amide bonds. The normalized spacial score (nSPS) is 15.5. The maximum absolute atomic E-state index is 6.11. The Morgan fingerprint density at radius 1 is 1.13 bits per heavy atom. The van der Waals surface area contributed by atoms with Gasteiger partial charge in [-0.15, -0.1) is 0 Å². The Hall–Kier alpha value is -3.65. The third-order valence-electron chi connectivity index (χ3n) is 5.25. The topological polar surface area (TPSA) is 84.4 Å². The number of hydrogen-bond acceptors (Lipinski definition) is 7. The summed E-state index contributed by atoms with van der Waals surface area (Å²) in [4.78, 5) is 9.07. The minimum atomic E-state index is -0.0555. The molecule has 0 saturated carbocycles. The van der Waals surface area contributed by atoms with Crippen molar-refractivity contribution in [1.82, 2.24) is 19.7 Å². The van der Waals surface area contributed by atoms with Gasteiger partial charge >= 0.3 is 0 Å². The number of benzene rings is 2. The molecule has 31 heavy (non-hydrogen) atoms. The van der Waals surface area contributed by atoms with E-state index < -0.39 is 0 Å². The molecule has 1 aliphatic heterocycles. The van der Waals surface area contributed by atoms with E-state index >= 15 is 0 Å². The smallest absolute Gasteiger partial charge is 0.278 e. The Balaban J connectivity index is 1.37. The van der Waals surface area contributed by atoms with E-state index in [1.165, 1.54) is 0 Å². The monoisotopic (exact) mass is 418 g/mol. The van der Waals surface area contributed by atoms with Crippen LogP contribution in [0.1, 0.15) is 24.3 Å². The first-order valence-electron chi connectivity index (χ1n) is 10.1. The van der Waals surface area contributed by atoms with Gasteiger partial charge in [0.05, 0.1) is 38.9 Å². The van der Waals surface area contributed by atoms with Crippen molar-refractivity contribution in [2.24, 2.45) is 0 Å². The average Bonchev–Trinajstić information content (AvgIpc) is 3.46. The Kier molecular flexibility index (Phi) is 5.13. The van der Waals surface area contributed by atoms with Crippen LogP contribution in [-0.2, 0) is 17.9 Å². The van der Waals surface area contributed by atoms with Gasteiger partial charge in [-0.05, 0) is 36.8 Å². The number of imidazole rings is 1. The first-order valence-corrected chi connectivity index (χ1v) is 10.1. The van der Waals surface area contributed by atoms with Gasteiger partial charge in [-0.1, -0.05) is 29.4 Å². The third-order valence-corrected chi connectivity index (χ3v) is 5.25. The first-order chi connectivity index (χ1) is 15.2. The summed E-state index contributed by atoms with van der Waals surface area (Å²) in [7, 11) is 1.66. The quantitative estimate of drug-likeness (QED) is 0.462. The molecular weight excluding hydrogens is 396 g/mol. The molecule has 3 heterocycles. The molecule has 2 aromatic carbocycles. The van der Waals surface area contributed by atoms with E-state index in [1.807, 2.05) is 55.5 Å². The van der Waals surface area contributed by atoms with Gasteiger partial charge in [0.2, 0.25) is 5.82 Å². The summed E-state index contributed by atoms with van der Waals surface area (Å²) in [6.45, 7) is 3.61. The molecule has 0 aliphatic carbocycles. The summed E-state index contributed by atoms with van der Waals surface area (Å²) >= 11 is 0. The molecule has 5 rings (SSSR count). The Morgan fingerprint density at radius 2 is 2.00 bits per heavy atom. The zero-order chi connectivity index (χ0) is 21.2. The average molecular weight is 418 g/mol. The largest absolute Gasteiger partial charge is 0.497 e. The van der Waals surface area contributed by atoms with Crippen molar-refractivity contribution < 1.29 is 18.7 Å². The second-order valence-electron chi connectivity index (χ2n) is 7.15. The van der Waals surface area contributed by atoms with Crippen LogP contribution in [-0.4, -0.2) is 33.4 Å². The van der Waals surface area contributed by atoms with Gasteiger partial charge in [-0.3, -0.25) is 0 Å². The van der Waals surface area contributed by atoms with E-state index in [9.17, 15) is 0 Å². The predicted molar refractivity (Wildman–Crippen MR) is 113 cm³/mol. The van der Waals surface area contributed by atoms with Crippen LogP contribution in [0.2, 0.25) is 0 Å². The Bertz CT molecular complexity index is 1180. The minimum absolute atomic E-state index is 0.0555. The van der Waals surface area contributed by atoms with E-state index in [0.717, 1.165) is 28.3 Å². The number of methoxy groups -OCH3 is 1. The van der Waals surface area contributed by atoms with Crippen LogP contribution in [0.25, 0.3) is 23.0 Å². The lowest BCUT2D eigenvalue weighted by atomic mass is 10.1. The summed E-state index contributed by atoms with van der Waals surface area (Å²) in [6.07, 6.45) is 1.74. The zero-order valence-electron chi connectivity index (χ0n) is 17.3. The minimum Gasteiger partial charge on any atom is -0.497 e. The lowest BCUT2D eigenvalue weighted by Gasteiger charge is -2.25. The van der Waals surface area contributed by atoms with Gasteiger partial charge in [0.25, 0.3) is 5.89 Å². The fourth-order valence-electron chi connectivity index (χ4n) is 3.65. The molecule has 0 fully saturated rings. The Labute approximate surface area is 179 Å². The summed E-state index contributed by atoms with van der Waals surface area (Å²) in [5, 5.41) is 4.13. The van der Waals surface area contributed by atoms with E-state index in [-0.39, 0.29) is 6.10 Å². The standard InChI is InChI=1S/C23H22N4O4/c1-3-29-18-6-4-5-16(11-18)22-25-23(31-26-22)21-19-13-30-20(12-27(19)14-24-21)15-7-9-17(28-2)10-8-15/h4-11,14,20H,3,12-13H2,1-2H3/t20-/m0/s1. The lowest BCUT2D eigenvalue weighted by Crippen LogP contribution is -2.20. The van der Waals surface area contributed by atoms with Gasteiger partial charge in [-0.2, -0.15) is 4.98 Å². The maximum Gasteiger partial charge on any atom is 0.278 e. The van der Waals surface area contributed by atoms with Gasteiger partial charge in [0.15, 0.2) is 5.69 Å². The summed E-state index contributed by atoms with van der Waals surface area (Å²) in [5.41, 5.74) is 3.48. The van der Waals surface area contributed by atoms with Crippen LogP contribution in [0.4, 0.5) is 0 Å². The molecular formula is C23H22N4O4. The molecule has 0 bridgehead atoms. The molecule has 8 heteroatoms. The second-order valence-corrected chi connectivity index (χ2v) is 7.15. The molecule has 2 aromatic heterocycles. The Morgan fingerprint density at radius 3 is 2.81 bits per heavy atom. The zero-order valence-corrected chi connectivity index (χ0v) is 17.3. The molecule has 0 radical (unpaired) electrons. The van der Waals surface area contributed by atoms with Crippen LogP contribution >= 0.6 is 0 Å². The fraction of sp³-hybridized carbons (Fsp3) is 0.261. The third kappa shape index (κ3) is 3.77. The first kappa shape index (κ1) is 19.3. The van der Waals surface area contributed by atoms with Crippen molar-refractivity contribution in [3.63, 3.8) is 0 Å². The highest BCUT2D eigenvalue weighted by Gasteiger charge is 2.26. The van der Waals surface area contributed by atoms with E-state index in [4.69, 9.17) is 18.7 Å². The highest BCUT2D eigenvalue weighted by atomic mass is 16.5. The number of aromatic nitrogens is 4. The van der Waals surface area contributed by atoms with Gasteiger partial charge in [0.1, 0.15) is 17.6 Å². The van der Waals surface area contributed by atoms with E-state index in [1.54, 1.807) is 13.4 Å². The maximum atomic E-state index is 6.11. The van der Waals surface area contributed by atoms with Crippen LogP contribution in [0.3, 0.4) is 0 Å². The molecule has 4 aromatic rings. The molecule has 1 aliphatic rings. The fourth-order valence-corrected chi connectivity index (χ4v) is 3.65. The van der Waals surface area contributed by atoms with Crippen molar-refractivity contribution in [2.75, 3.05) is 13.7 Å². The van der Waals surface area contributed by atoms with Gasteiger partial charge in [-0.25, -0.2) is 4.98 Å². The van der Waals surface area contributed by atoms with Crippen molar-refractivity contribution in [3.05, 3.63) is 66.1 Å². The van der Waals surface area contributed by atoms with Crippen LogP contribution in [0.15, 0.2) is 59.4 Å². The second kappa shape index (κ2) is 8.23. The lowest BCUT2D eigenvalue weighted by molar-refractivity contribution is 0.00328. The van der Waals surface area contributed by atoms with Crippen LogP contribution < -0.4 is 9.47 Å². The highest BCUT2D eigenvalue weighted by molar-refractivity contribution is 5.60. The molecule has 1 atom stereocenters. The number of hydrogen-bond donors (Lipinski definition) is 0. The summed E-state index contributed by atoms with van der Waals surface area (Å²) in [6, 6.07) is 15.5. The molecule has 0 N–H and O–H groups in total. The molecule has 158 valence electrons. The number of fused-ring (bicyclic) bond motifs is 1. The molecule has 0 unspecified atom stereocenters. The predicted octanol–water partition coefficient (Wildman–Crippen LogP) is 4.28. The van der Waals surface area contributed by atoms with Crippen LogP contribution in [0.5, 0.6) is 11.5 Å². The number of rotatable bonds is 6. The van der Waals surface area contributed by atoms with Crippen LogP contribution in [0, 0.1) is 0 Å². The summed E-state index contributed by atoms with van der Waals surface area (Å²) < 4.78 is 24.5. The SMILES string of the molecule is CCOc1cccc(-c2noc(-c3ncn4c3CO[C@H](c3ccc(OC)cc3)C4)n2)c1. The van der Waals surface area contributed by atoms with Crippen molar-refractivity contribution in [2.45, 2.75) is 26.2 Å². The number of ether oxygens (including phenoxy) is 3. The number of nitrogens with zero attached hydrogens (tertiary/aromatic N) is 4. The molecule has 0 spiro atoms. The van der Waals surface area contributed by atoms with Gasteiger partial charge < -0.3 is 23.3 Å². The van der Waals surface area contributed by atoms with Crippen molar-refractivity contribution in [3.8, 4) is 34.5 Å². The van der Waals surface area contributed by atoms with Crippen molar-refractivity contribution in [1.29, 1.82) is 0 Å². The molecule has 0 saturated heterocycles. The van der Waals surface area contributed by atoms with E-state index in [2.05, 4.69) is 19.7 Å². The summed E-state index contributed by atoms with van der Waals surface area (Å²) in [5.74, 6) is 2.45. The van der Waals surface area contributed by atoms with Crippen molar-refractivity contribution >= 4 is 0 Å².